The number of nitrogens with zero attached hydrogens (tertiary/aromatic N) is 1. The summed E-state index contributed by atoms with van der Waals surface area (Å²) >= 11 is 0. The molecule has 0 saturated carbocycles. The first-order valence-electron chi connectivity index (χ1n) is 11.2. The van der Waals surface area contributed by atoms with E-state index in [0.29, 0.717) is 0 Å². The van der Waals surface area contributed by atoms with Crippen LogP contribution < -0.4 is 4.57 Å². The van der Waals surface area contributed by atoms with Gasteiger partial charge in [-0.2, -0.15) is 0 Å². The summed E-state index contributed by atoms with van der Waals surface area (Å²) in [6, 6.07) is 34.9. The summed E-state index contributed by atoms with van der Waals surface area (Å²) in [7, 11) is 2.11. The topological polar surface area (TPSA) is 3.88 Å². The zero-order valence-corrected chi connectivity index (χ0v) is 19.3. The molecule has 0 spiro atoms. The third-order valence-electron chi connectivity index (χ3n) is 6.03. The average Bonchev–Trinajstić information content (AvgIpc) is 2.84. The summed E-state index contributed by atoms with van der Waals surface area (Å²) in [6.07, 6.45) is 2.21. The number of hydrogen-bond acceptors (Lipinski definition) is 0. The third-order valence-corrected chi connectivity index (χ3v) is 6.03. The molecule has 4 aromatic carbocycles. The molecule has 33 heavy (non-hydrogen) atoms. The molecule has 0 bridgehead atoms. The zero-order valence-electron chi connectivity index (χ0n) is 19.3. The van der Waals surface area contributed by atoms with Crippen LogP contribution in [-0.2, 0) is 7.05 Å². The van der Waals surface area contributed by atoms with Gasteiger partial charge in [0, 0.05) is 22.6 Å². The van der Waals surface area contributed by atoms with Gasteiger partial charge in [-0.1, -0.05) is 60.5 Å². The minimum atomic E-state index is 1.05. The fraction of sp³-hybridized carbons (Fsp3) is 0.0938. The Morgan fingerprint density at radius 2 is 1.24 bits per heavy atom. The van der Waals surface area contributed by atoms with Gasteiger partial charge in [-0.25, -0.2) is 4.57 Å². The molecule has 0 aliphatic carbocycles. The Kier molecular flexibility index (Phi) is 5.51. The number of aromatic nitrogens is 1. The van der Waals surface area contributed by atoms with Gasteiger partial charge in [-0.15, -0.1) is 5.92 Å². The first-order valence-corrected chi connectivity index (χ1v) is 11.2. The van der Waals surface area contributed by atoms with Crippen LogP contribution in [-0.4, -0.2) is 0 Å². The lowest BCUT2D eigenvalue weighted by Gasteiger charge is -2.11. The number of hydrogen-bond donors (Lipinski definition) is 0. The van der Waals surface area contributed by atoms with Crippen LogP contribution in [0.4, 0.5) is 0 Å². The molecule has 0 saturated heterocycles. The Labute approximate surface area is 196 Å². The van der Waals surface area contributed by atoms with E-state index >= 15 is 0 Å². The normalized spacial score (nSPS) is 10.6. The van der Waals surface area contributed by atoms with E-state index in [4.69, 9.17) is 0 Å². The second-order valence-corrected chi connectivity index (χ2v) is 8.52. The van der Waals surface area contributed by atoms with Gasteiger partial charge in [-0.05, 0) is 83.6 Å². The van der Waals surface area contributed by atoms with E-state index in [0.717, 1.165) is 5.56 Å². The van der Waals surface area contributed by atoms with Crippen molar-refractivity contribution in [1.82, 2.24) is 0 Å². The molecular formula is C32H26N+. The fourth-order valence-electron chi connectivity index (χ4n) is 4.49. The molecule has 0 fully saturated rings. The highest BCUT2D eigenvalue weighted by Gasteiger charge is 2.11. The number of fused-ring (bicyclic) bond motifs is 1. The highest BCUT2D eigenvalue weighted by molar-refractivity contribution is 5.83. The zero-order chi connectivity index (χ0) is 22.8. The van der Waals surface area contributed by atoms with Crippen LogP contribution in [0.3, 0.4) is 0 Å². The molecule has 0 radical (unpaired) electrons. The van der Waals surface area contributed by atoms with E-state index in [2.05, 4.69) is 134 Å². The molecule has 0 aliphatic rings. The van der Waals surface area contributed by atoms with Crippen LogP contribution in [0.25, 0.3) is 44.3 Å². The number of para-hydroxylation sites is 1. The number of aryl methyl sites for hydroxylation is 2. The lowest BCUT2D eigenvalue weighted by molar-refractivity contribution is -0.644. The highest BCUT2D eigenvalue weighted by atomic mass is 14.9. The van der Waals surface area contributed by atoms with Crippen molar-refractivity contribution in [1.29, 1.82) is 0 Å². The summed E-state index contributed by atoms with van der Waals surface area (Å²) in [6.45, 7) is 4.04. The van der Waals surface area contributed by atoms with E-state index in [1.54, 1.807) is 0 Å². The van der Waals surface area contributed by atoms with E-state index in [9.17, 15) is 0 Å². The van der Waals surface area contributed by atoms with E-state index < -0.39 is 0 Å². The Balaban J connectivity index is 1.58. The van der Waals surface area contributed by atoms with Crippen molar-refractivity contribution < 1.29 is 4.57 Å². The molecule has 1 nitrogen and oxygen atoms in total. The van der Waals surface area contributed by atoms with Gasteiger partial charge in [0.2, 0.25) is 5.52 Å². The van der Waals surface area contributed by atoms with Crippen LogP contribution in [0.5, 0.6) is 0 Å². The maximum absolute atomic E-state index is 3.17. The van der Waals surface area contributed by atoms with Crippen LogP contribution in [0.15, 0.2) is 103 Å². The Morgan fingerprint density at radius 1 is 0.606 bits per heavy atom. The van der Waals surface area contributed by atoms with Crippen molar-refractivity contribution in [2.75, 3.05) is 0 Å². The summed E-state index contributed by atoms with van der Waals surface area (Å²) < 4.78 is 2.20. The van der Waals surface area contributed by atoms with Gasteiger partial charge >= 0.3 is 0 Å². The predicted molar refractivity (Wildman–Crippen MR) is 139 cm³/mol. The highest BCUT2D eigenvalue weighted by Crippen LogP contribution is 2.31. The Hall–Kier alpha value is -4.15. The minimum absolute atomic E-state index is 1.05. The lowest BCUT2D eigenvalue weighted by Crippen LogP contribution is -2.28. The molecule has 1 heterocycles. The van der Waals surface area contributed by atoms with Gasteiger partial charge in [0.25, 0.3) is 0 Å². The predicted octanol–water partition coefficient (Wildman–Crippen LogP) is 7.35. The summed E-state index contributed by atoms with van der Waals surface area (Å²) in [5.74, 6) is 6.17. The first-order chi connectivity index (χ1) is 16.1. The second-order valence-electron chi connectivity index (χ2n) is 8.52. The molecule has 0 unspecified atom stereocenters. The maximum atomic E-state index is 3.17. The average molecular weight is 425 g/mol. The molecule has 1 aromatic heterocycles. The van der Waals surface area contributed by atoms with Gasteiger partial charge in [0.1, 0.15) is 7.05 Å². The van der Waals surface area contributed by atoms with Crippen LogP contribution in [0.2, 0.25) is 0 Å². The van der Waals surface area contributed by atoms with Crippen molar-refractivity contribution in [3.63, 3.8) is 0 Å². The molecule has 5 rings (SSSR count). The Bertz CT molecular complexity index is 1550. The van der Waals surface area contributed by atoms with Crippen LogP contribution in [0, 0.1) is 18.8 Å². The van der Waals surface area contributed by atoms with Gasteiger partial charge in [0.05, 0.1) is 0 Å². The summed E-state index contributed by atoms with van der Waals surface area (Å²) in [4.78, 5) is 0. The standard InChI is InChI=1S/C32H26N/c1-4-9-24-10-7-12-25(18-24)29-16-23(2)17-30(21-29)26-13-8-14-27(19-26)31-20-28-11-5-6-15-32(28)33(3)22-31/h5-8,10-22H,1-3H3/q+1. The molecule has 1 heteroatoms. The summed E-state index contributed by atoms with van der Waals surface area (Å²) in [5, 5.41) is 1.25. The van der Waals surface area contributed by atoms with Crippen LogP contribution >= 0.6 is 0 Å². The Morgan fingerprint density at radius 3 is 2.00 bits per heavy atom. The van der Waals surface area contributed by atoms with Gasteiger partial charge in [0.15, 0.2) is 6.20 Å². The molecule has 158 valence electrons. The number of benzene rings is 4. The van der Waals surface area contributed by atoms with Crippen molar-refractivity contribution in [2.45, 2.75) is 13.8 Å². The maximum Gasteiger partial charge on any atom is 0.212 e. The number of pyridine rings is 1. The van der Waals surface area contributed by atoms with Crippen molar-refractivity contribution in [3.05, 3.63) is 114 Å². The van der Waals surface area contributed by atoms with E-state index in [1.807, 2.05) is 6.92 Å². The van der Waals surface area contributed by atoms with Crippen molar-refractivity contribution in [2.24, 2.45) is 7.05 Å². The van der Waals surface area contributed by atoms with Crippen molar-refractivity contribution >= 4 is 10.9 Å². The van der Waals surface area contributed by atoms with Crippen molar-refractivity contribution in [3.8, 4) is 45.2 Å². The molecule has 0 aliphatic heterocycles. The van der Waals surface area contributed by atoms with Gasteiger partial charge < -0.3 is 0 Å². The minimum Gasteiger partial charge on any atom is -0.200 e. The molecule has 5 aromatic rings. The monoisotopic (exact) mass is 424 g/mol. The molecule has 0 atom stereocenters. The fourth-order valence-corrected chi connectivity index (χ4v) is 4.49. The van der Waals surface area contributed by atoms with E-state index in [-0.39, 0.29) is 0 Å². The quantitative estimate of drug-likeness (QED) is 0.211. The second kappa shape index (κ2) is 8.77. The lowest BCUT2D eigenvalue weighted by atomic mass is 9.94. The largest absolute Gasteiger partial charge is 0.212 e. The molecular weight excluding hydrogens is 398 g/mol. The molecule has 0 amide bonds. The number of rotatable bonds is 3. The third kappa shape index (κ3) is 4.29. The summed E-state index contributed by atoms with van der Waals surface area (Å²) in [5.41, 5.74) is 10.8. The smallest absolute Gasteiger partial charge is 0.200 e. The van der Waals surface area contributed by atoms with E-state index in [1.165, 1.54) is 49.8 Å². The SMILES string of the molecule is CC#Cc1cccc(-c2cc(C)cc(-c3cccc(-c4cc5ccccc5[n+](C)c4)c3)c2)c1. The molecule has 0 N–H and O–H groups in total. The first kappa shape index (κ1) is 20.7. The van der Waals surface area contributed by atoms with Crippen LogP contribution in [0.1, 0.15) is 18.1 Å². The van der Waals surface area contributed by atoms with Gasteiger partial charge in [-0.3, -0.25) is 0 Å².